The first kappa shape index (κ1) is 27.1. The Morgan fingerprint density at radius 1 is 1.05 bits per heavy atom. The van der Waals surface area contributed by atoms with Gasteiger partial charge >= 0.3 is 6.09 Å². The van der Waals surface area contributed by atoms with E-state index in [2.05, 4.69) is 15.3 Å². The van der Waals surface area contributed by atoms with Gasteiger partial charge in [-0.05, 0) is 84.4 Å². The van der Waals surface area contributed by atoms with Crippen LogP contribution < -0.4 is 5.32 Å². The van der Waals surface area contributed by atoms with Gasteiger partial charge in [0.05, 0.1) is 23.3 Å². The maximum atomic E-state index is 13.4. The summed E-state index contributed by atoms with van der Waals surface area (Å²) in [6, 6.07) is 8.22. The van der Waals surface area contributed by atoms with Gasteiger partial charge in [-0.3, -0.25) is 9.69 Å². The Morgan fingerprint density at radius 2 is 1.67 bits per heavy atom. The summed E-state index contributed by atoms with van der Waals surface area (Å²) in [4.78, 5) is 36.2. The summed E-state index contributed by atoms with van der Waals surface area (Å²) in [5, 5.41) is 13.0. The molecule has 10 nitrogen and oxygen atoms in total. The van der Waals surface area contributed by atoms with Gasteiger partial charge in [-0.2, -0.15) is 0 Å². The van der Waals surface area contributed by atoms with E-state index in [0.29, 0.717) is 49.7 Å². The lowest BCUT2D eigenvalue weighted by Gasteiger charge is -2.59. The molecule has 2 aromatic heterocycles. The Bertz CT molecular complexity index is 1510. The zero-order chi connectivity index (χ0) is 28.2. The van der Waals surface area contributed by atoms with E-state index in [4.69, 9.17) is 0 Å². The minimum atomic E-state index is -3.82. The van der Waals surface area contributed by atoms with Crippen molar-refractivity contribution in [3.63, 3.8) is 0 Å². The minimum absolute atomic E-state index is 0.0464. The number of carbonyl (C=O) groups is 2. The molecule has 3 saturated carbocycles. The third-order valence-electron chi connectivity index (χ3n) is 8.44. The summed E-state index contributed by atoms with van der Waals surface area (Å²) in [6.45, 7) is 7.82. The zero-order valence-electron chi connectivity index (χ0n) is 22.8. The molecule has 0 aliphatic heterocycles. The number of amides is 2. The predicted octanol–water partition coefficient (Wildman–Crippen LogP) is 4.46. The van der Waals surface area contributed by atoms with E-state index >= 15 is 0 Å². The fourth-order valence-electron chi connectivity index (χ4n) is 6.43. The van der Waals surface area contributed by atoms with Crippen molar-refractivity contribution in [3.8, 4) is 0 Å². The molecule has 2 heterocycles. The second-order valence-corrected chi connectivity index (χ2v) is 13.8. The minimum Gasteiger partial charge on any atom is -0.465 e. The summed E-state index contributed by atoms with van der Waals surface area (Å²) in [5.74, 6) is -0.0464. The molecule has 39 heavy (non-hydrogen) atoms. The summed E-state index contributed by atoms with van der Waals surface area (Å²) >= 11 is 0. The van der Waals surface area contributed by atoms with E-state index in [1.165, 1.54) is 12.4 Å². The highest BCUT2D eigenvalue weighted by atomic mass is 32.2. The number of hydrogen-bond donors (Lipinski definition) is 2. The molecule has 1 aromatic carbocycles. The van der Waals surface area contributed by atoms with E-state index in [1.54, 1.807) is 35.2 Å². The van der Waals surface area contributed by atoms with Gasteiger partial charge in [0.25, 0.3) is 10.0 Å². The van der Waals surface area contributed by atoms with Gasteiger partial charge < -0.3 is 10.4 Å². The molecule has 3 aliphatic carbocycles. The molecule has 0 unspecified atom stereocenters. The maximum Gasteiger partial charge on any atom is 0.408 e. The smallest absolute Gasteiger partial charge is 0.408 e. The lowest BCUT2D eigenvalue weighted by atomic mass is 9.56. The largest absolute Gasteiger partial charge is 0.465 e. The molecule has 3 aliphatic rings. The number of nitrogens with zero attached hydrogens (tertiary/aromatic N) is 4. The van der Waals surface area contributed by atoms with Gasteiger partial charge in [-0.15, -0.1) is 0 Å². The molecule has 0 radical (unpaired) electrons. The van der Waals surface area contributed by atoms with E-state index in [9.17, 15) is 23.1 Å². The quantitative estimate of drug-likeness (QED) is 0.460. The van der Waals surface area contributed by atoms with Crippen LogP contribution in [0.25, 0.3) is 11.2 Å². The van der Waals surface area contributed by atoms with Crippen LogP contribution in [-0.4, -0.2) is 55.4 Å². The molecular formula is C28H35N5O5S. The Morgan fingerprint density at radius 3 is 2.23 bits per heavy atom. The Hall–Kier alpha value is -3.47. The Kier molecular flexibility index (Phi) is 6.48. The summed E-state index contributed by atoms with van der Waals surface area (Å²) in [5.41, 5.74) is 0.699. The molecule has 3 aromatic rings. The number of benzene rings is 1. The van der Waals surface area contributed by atoms with Gasteiger partial charge in [0, 0.05) is 22.7 Å². The van der Waals surface area contributed by atoms with Crippen molar-refractivity contribution >= 4 is 33.2 Å². The van der Waals surface area contributed by atoms with Crippen LogP contribution in [0.5, 0.6) is 0 Å². The van der Waals surface area contributed by atoms with Crippen LogP contribution in [0.1, 0.15) is 70.6 Å². The highest BCUT2D eigenvalue weighted by Gasteiger charge is 2.57. The summed E-state index contributed by atoms with van der Waals surface area (Å²) < 4.78 is 27.4. The van der Waals surface area contributed by atoms with Gasteiger partial charge in [-0.1, -0.05) is 17.7 Å². The van der Waals surface area contributed by atoms with E-state index in [0.717, 1.165) is 9.54 Å². The first-order chi connectivity index (χ1) is 18.3. The molecule has 2 amide bonds. The monoisotopic (exact) mass is 553 g/mol. The lowest BCUT2D eigenvalue weighted by molar-refractivity contribution is -0.143. The SMILES string of the molecule is Cc1ccc(S(=O)(=O)n2ccc3nc(CNC(=O)C45CCC(N(C(=O)O)C(C)(C)C)(CC4)CC5)cnc32)cc1. The van der Waals surface area contributed by atoms with Gasteiger partial charge in [0.15, 0.2) is 5.65 Å². The highest BCUT2D eigenvalue weighted by Crippen LogP contribution is 2.56. The molecule has 2 bridgehead atoms. The van der Waals surface area contributed by atoms with Crippen molar-refractivity contribution in [3.05, 3.63) is 54.0 Å². The fourth-order valence-corrected chi connectivity index (χ4v) is 7.73. The second-order valence-electron chi connectivity index (χ2n) is 12.0. The van der Waals surface area contributed by atoms with Crippen molar-refractivity contribution in [2.75, 3.05) is 0 Å². The number of carbonyl (C=O) groups excluding carboxylic acids is 1. The average molecular weight is 554 g/mol. The average Bonchev–Trinajstić information content (AvgIpc) is 3.31. The summed E-state index contributed by atoms with van der Waals surface area (Å²) in [7, 11) is -3.82. The predicted molar refractivity (Wildman–Crippen MR) is 146 cm³/mol. The van der Waals surface area contributed by atoms with Crippen molar-refractivity contribution in [2.24, 2.45) is 5.41 Å². The molecule has 0 saturated heterocycles. The molecule has 2 N–H and O–H groups in total. The van der Waals surface area contributed by atoms with Crippen LogP contribution in [0.3, 0.4) is 0 Å². The molecule has 6 rings (SSSR count). The third-order valence-corrected chi connectivity index (χ3v) is 10.1. The van der Waals surface area contributed by atoms with Gasteiger partial charge in [-0.25, -0.2) is 27.2 Å². The number of fused-ring (bicyclic) bond motifs is 4. The molecule has 11 heteroatoms. The zero-order valence-corrected chi connectivity index (χ0v) is 23.6. The van der Waals surface area contributed by atoms with Gasteiger partial charge in [0.2, 0.25) is 5.91 Å². The molecule has 0 spiro atoms. The first-order valence-electron chi connectivity index (χ1n) is 13.2. The maximum absolute atomic E-state index is 13.4. The van der Waals surface area contributed by atoms with Crippen molar-refractivity contribution in [1.29, 1.82) is 0 Å². The van der Waals surface area contributed by atoms with E-state index in [1.807, 2.05) is 27.7 Å². The van der Waals surface area contributed by atoms with Crippen LogP contribution in [0, 0.1) is 12.3 Å². The highest BCUT2D eigenvalue weighted by molar-refractivity contribution is 7.90. The number of carboxylic acid groups (broad SMARTS) is 1. The van der Waals surface area contributed by atoms with Gasteiger partial charge in [0.1, 0.15) is 5.52 Å². The normalized spacial score (nSPS) is 23.1. The molecule has 208 valence electrons. The van der Waals surface area contributed by atoms with Crippen molar-refractivity contribution in [1.82, 2.24) is 24.2 Å². The van der Waals surface area contributed by atoms with E-state index < -0.39 is 32.6 Å². The van der Waals surface area contributed by atoms with Crippen LogP contribution in [-0.2, 0) is 21.4 Å². The topological polar surface area (TPSA) is 134 Å². The van der Waals surface area contributed by atoms with E-state index in [-0.39, 0.29) is 23.0 Å². The Balaban J connectivity index is 1.27. The first-order valence-corrected chi connectivity index (χ1v) is 14.7. The van der Waals surface area contributed by atoms with Crippen molar-refractivity contribution in [2.45, 2.75) is 88.7 Å². The molecule has 0 atom stereocenters. The number of aromatic nitrogens is 3. The fraction of sp³-hybridized carbons (Fsp3) is 0.500. The van der Waals surface area contributed by atoms with Crippen molar-refractivity contribution < 1.29 is 23.1 Å². The second kappa shape index (κ2) is 9.32. The molecular weight excluding hydrogens is 518 g/mol. The standard InChI is InChI=1S/C28H35N5O5S/c1-19-5-7-21(8-6-19)39(37,38)32-16-9-22-23(32)29-17-20(31-22)18-30-24(34)27-10-13-28(14-11-27,15-12-27)33(25(35)36)26(2,3)4/h5-9,16-17H,10-15,18H2,1-4H3,(H,30,34)(H,35,36). The van der Waals surface area contributed by atoms with Crippen LogP contribution in [0.2, 0.25) is 0 Å². The number of nitrogens with one attached hydrogen (secondary N) is 1. The third kappa shape index (κ3) is 4.66. The molecule has 3 fully saturated rings. The number of aryl methyl sites for hydroxylation is 1. The Labute approximate surface area is 228 Å². The number of hydrogen-bond acceptors (Lipinski definition) is 6. The summed E-state index contributed by atoms with van der Waals surface area (Å²) in [6.07, 6.45) is 5.94. The van der Waals surface area contributed by atoms with Crippen LogP contribution in [0.15, 0.2) is 47.6 Å². The lowest BCUT2D eigenvalue weighted by Crippen LogP contribution is -2.65. The van der Waals surface area contributed by atoms with Crippen LogP contribution >= 0.6 is 0 Å². The number of rotatable bonds is 6. The van der Waals surface area contributed by atoms with Crippen LogP contribution in [0.4, 0.5) is 4.79 Å².